The molecule has 2 atom stereocenters. The SMILES string of the molecule is CC(CC(F)(F)F)Nc1nccc(-c2cccc(-c3cc(C4(O)CCN(C)C4=O)on3)n2)n1. The van der Waals surface area contributed by atoms with E-state index in [1.165, 1.54) is 24.1 Å². The maximum absolute atomic E-state index is 12.6. The van der Waals surface area contributed by atoms with Gasteiger partial charge in [-0.3, -0.25) is 4.79 Å². The van der Waals surface area contributed by atoms with Gasteiger partial charge in [-0.15, -0.1) is 0 Å². The fraction of sp³-hybridized carbons (Fsp3) is 0.381. The first-order chi connectivity index (χ1) is 15.5. The summed E-state index contributed by atoms with van der Waals surface area (Å²) in [4.78, 5) is 26.4. The highest BCUT2D eigenvalue weighted by atomic mass is 19.4. The van der Waals surface area contributed by atoms with Crippen LogP contribution in [0.3, 0.4) is 0 Å². The molecule has 0 aromatic carbocycles. The van der Waals surface area contributed by atoms with E-state index in [0.717, 1.165) is 0 Å². The zero-order valence-electron chi connectivity index (χ0n) is 17.8. The van der Waals surface area contributed by atoms with Gasteiger partial charge in [-0.25, -0.2) is 15.0 Å². The average Bonchev–Trinajstić information content (AvgIpc) is 3.35. The van der Waals surface area contributed by atoms with E-state index in [2.05, 4.69) is 25.4 Å². The molecule has 4 rings (SSSR count). The van der Waals surface area contributed by atoms with Crippen LogP contribution in [-0.4, -0.2) is 61.8 Å². The number of carbonyl (C=O) groups is 1. The van der Waals surface area contributed by atoms with E-state index in [4.69, 9.17) is 4.52 Å². The molecule has 0 bridgehead atoms. The topological polar surface area (TPSA) is 117 Å². The van der Waals surface area contributed by atoms with E-state index in [9.17, 15) is 23.1 Å². The van der Waals surface area contributed by atoms with Gasteiger partial charge in [0.15, 0.2) is 5.76 Å². The highest BCUT2D eigenvalue weighted by Gasteiger charge is 2.48. The number of likely N-dealkylation sites (N-methyl/N-ethyl adjacent to an activating group) is 1. The number of aliphatic hydroxyl groups is 1. The van der Waals surface area contributed by atoms with Gasteiger partial charge in [0, 0.05) is 38.3 Å². The molecule has 174 valence electrons. The van der Waals surface area contributed by atoms with Gasteiger partial charge in [0.2, 0.25) is 11.5 Å². The molecule has 3 aromatic heterocycles. The number of hydrogen-bond acceptors (Lipinski definition) is 8. The molecule has 1 aliphatic heterocycles. The van der Waals surface area contributed by atoms with E-state index in [0.29, 0.717) is 29.3 Å². The molecule has 0 saturated carbocycles. The molecule has 3 aromatic rings. The predicted octanol–water partition coefficient (Wildman–Crippen LogP) is 3.00. The van der Waals surface area contributed by atoms with Gasteiger partial charge in [-0.2, -0.15) is 13.2 Å². The number of pyridine rings is 1. The first-order valence-electron chi connectivity index (χ1n) is 10.1. The molecule has 4 heterocycles. The minimum Gasteiger partial charge on any atom is -0.373 e. The monoisotopic (exact) mass is 462 g/mol. The van der Waals surface area contributed by atoms with Crippen molar-refractivity contribution >= 4 is 11.9 Å². The molecule has 1 fully saturated rings. The second kappa shape index (κ2) is 8.43. The summed E-state index contributed by atoms with van der Waals surface area (Å²) in [6, 6.07) is 7.19. The Bertz CT molecular complexity index is 1170. The lowest BCUT2D eigenvalue weighted by Gasteiger charge is -2.16. The van der Waals surface area contributed by atoms with Crippen molar-refractivity contribution in [3.8, 4) is 22.8 Å². The van der Waals surface area contributed by atoms with Crippen molar-refractivity contribution < 1.29 is 27.6 Å². The number of likely N-dealkylation sites (tertiary alicyclic amines) is 1. The first kappa shape index (κ1) is 22.6. The van der Waals surface area contributed by atoms with Crippen molar-refractivity contribution in [1.29, 1.82) is 0 Å². The van der Waals surface area contributed by atoms with E-state index < -0.39 is 30.1 Å². The summed E-state index contributed by atoms with van der Waals surface area (Å²) in [5.41, 5.74) is -0.222. The number of halogens is 3. The standard InChI is InChI=1S/C21H21F3N6O3/c1-12(11-21(22,23)24)26-19-25-8-6-15(28-19)13-4-3-5-14(27-13)16-10-17(33-29-16)20(32)7-9-30(2)18(20)31/h3-6,8,10,12,32H,7,9,11H2,1-2H3,(H,25,26,28). The van der Waals surface area contributed by atoms with Gasteiger partial charge < -0.3 is 19.8 Å². The molecule has 1 amide bonds. The van der Waals surface area contributed by atoms with E-state index in [1.807, 2.05) is 0 Å². The second-order valence-electron chi connectivity index (χ2n) is 7.95. The van der Waals surface area contributed by atoms with Crippen molar-refractivity contribution in [3.05, 3.63) is 42.3 Å². The molecule has 0 spiro atoms. The van der Waals surface area contributed by atoms with Gasteiger partial charge in [-0.1, -0.05) is 11.2 Å². The Morgan fingerprint density at radius 1 is 1.21 bits per heavy atom. The number of nitrogens with zero attached hydrogens (tertiary/aromatic N) is 5. The van der Waals surface area contributed by atoms with E-state index in [1.54, 1.807) is 31.3 Å². The van der Waals surface area contributed by atoms with Crippen LogP contribution in [0, 0.1) is 0 Å². The number of nitrogens with one attached hydrogen (secondary N) is 1. The summed E-state index contributed by atoms with van der Waals surface area (Å²) in [6.45, 7) is 1.79. The van der Waals surface area contributed by atoms with Crippen LogP contribution in [0.2, 0.25) is 0 Å². The largest absolute Gasteiger partial charge is 0.391 e. The number of amides is 1. The van der Waals surface area contributed by atoms with Gasteiger partial charge in [-0.05, 0) is 25.1 Å². The number of rotatable bonds is 6. The summed E-state index contributed by atoms with van der Waals surface area (Å²) in [5, 5.41) is 17.3. The molecule has 12 heteroatoms. The highest BCUT2D eigenvalue weighted by Crippen LogP contribution is 2.34. The lowest BCUT2D eigenvalue weighted by molar-refractivity contribution is -0.144. The summed E-state index contributed by atoms with van der Waals surface area (Å²) in [5.74, 6) is -0.384. The van der Waals surface area contributed by atoms with Crippen molar-refractivity contribution in [3.63, 3.8) is 0 Å². The van der Waals surface area contributed by atoms with Crippen LogP contribution in [-0.2, 0) is 10.4 Å². The molecule has 9 nitrogen and oxygen atoms in total. The normalized spacial score (nSPS) is 19.7. The molecule has 0 radical (unpaired) electrons. The maximum Gasteiger partial charge on any atom is 0.391 e. The zero-order valence-corrected chi connectivity index (χ0v) is 17.8. The predicted molar refractivity (Wildman–Crippen MR) is 111 cm³/mol. The lowest BCUT2D eigenvalue weighted by Crippen LogP contribution is -2.35. The highest BCUT2D eigenvalue weighted by molar-refractivity contribution is 5.87. The molecule has 1 saturated heterocycles. The van der Waals surface area contributed by atoms with Gasteiger partial charge >= 0.3 is 6.18 Å². The number of hydrogen-bond donors (Lipinski definition) is 2. The van der Waals surface area contributed by atoms with Crippen molar-refractivity contribution in [1.82, 2.24) is 25.0 Å². The molecule has 0 aliphatic carbocycles. The lowest BCUT2D eigenvalue weighted by atomic mass is 9.98. The van der Waals surface area contributed by atoms with Gasteiger partial charge in [0.1, 0.15) is 5.69 Å². The molecule has 2 unspecified atom stereocenters. The fourth-order valence-electron chi connectivity index (χ4n) is 3.58. The second-order valence-corrected chi connectivity index (χ2v) is 7.95. The smallest absolute Gasteiger partial charge is 0.373 e. The number of carbonyl (C=O) groups excluding carboxylic acids is 1. The van der Waals surface area contributed by atoms with Crippen molar-refractivity contribution in [2.45, 2.75) is 37.6 Å². The zero-order chi connectivity index (χ0) is 23.8. The van der Waals surface area contributed by atoms with E-state index >= 15 is 0 Å². The Morgan fingerprint density at radius 2 is 1.91 bits per heavy atom. The Balaban J connectivity index is 1.56. The molecular formula is C21H21F3N6O3. The fourth-order valence-corrected chi connectivity index (χ4v) is 3.58. The summed E-state index contributed by atoms with van der Waals surface area (Å²) in [6.07, 6.45) is -3.71. The van der Waals surface area contributed by atoms with Crippen LogP contribution in [0.5, 0.6) is 0 Å². The third-order valence-electron chi connectivity index (χ3n) is 5.27. The minimum atomic E-state index is -4.30. The third-order valence-corrected chi connectivity index (χ3v) is 5.27. The Hall–Kier alpha value is -3.54. The molecule has 2 N–H and O–H groups in total. The summed E-state index contributed by atoms with van der Waals surface area (Å²) in [7, 11) is 1.59. The molecule has 33 heavy (non-hydrogen) atoms. The average molecular weight is 462 g/mol. The van der Waals surface area contributed by atoms with Crippen LogP contribution in [0.4, 0.5) is 19.1 Å². The number of aromatic nitrogens is 4. The maximum atomic E-state index is 12.6. The van der Waals surface area contributed by atoms with Crippen LogP contribution >= 0.6 is 0 Å². The summed E-state index contributed by atoms with van der Waals surface area (Å²) >= 11 is 0. The van der Waals surface area contributed by atoms with Crippen molar-refractivity contribution in [2.75, 3.05) is 18.9 Å². The Morgan fingerprint density at radius 3 is 2.58 bits per heavy atom. The quantitative estimate of drug-likeness (QED) is 0.574. The molecule has 1 aliphatic rings. The van der Waals surface area contributed by atoms with Gasteiger partial charge in [0.05, 0.1) is 23.5 Å². The van der Waals surface area contributed by atoms with Crippen LogP contribution in [0.25, 0.3) is 22.8 Å². The minimum absolute atomic E-state index is 0.0335. The van der Waals surface area contributed by atoms with Crippen molar-refractivity contribution in [2.24, 2.45) is 0 Å². The number of alkyl halides is 3. The Labute approximate surface area is 186 Å². The summed E-state index contributed by atoms with van der Waals surface area (Å²) < 4.78 is 43.0. The van der Waals surface area contributed by atoms with Crippen LogP contribution in [0.15, 0.2) is 41.1 Å². The van der Waals surface area contributed by atoms with Crippen LogP contribution in [0.1, 0.15) is 25.5 Å². The van der Waals surface area contributed by atoms with Crippen LogP contribution < -0.4 is 5.32 Å². The molecular weight excluding hydrogens is 441 g/mol. The third kappa shape index (κ3) is 4.80. The Kier molecular flexibility index (Phi) is 5.78. The van der Waals surface area contributed by atoms with Gasteiger partial charge in [0.25, 0.3) is 5.91 Å². The first-order valence-corrected chi connectivity index (χ1v) is 10.1. The van der Waals surface area contributed by atoms with E-state index in [-0.39, 0.29) is 18.1 Å². The number of anilines is 1.